The largest absolute Gasteiger partial charge is 0.416 e. The third-order valence-electron chi connectivity index (χ3n) is 2.81. The van der Waals surface area contributed by atoms with E-state index in [1.54, 1.807) is 6.07 Å². The predicted octanol–water partition coefficient (Wildman–Crippen LogP) is -0.135. The highest BCUT2D eigenvalue weighted by molar-refractivity contribution is 5.24. The van der Waals surface area contributed by atoms with E-state index in [2.05, 4.69) is 14.1 Å². The maximum absolute atomic E-state index is 12.5. The summed E-state index contributed by atoms with van der Waals surface area (Å²) in [6, 6.07) is 5.58. The van der Waals surface area contributed by atoms with Gasteiger partial charge < -0.3 is 9.80 Å². The molecule has 1 aromatic carbocycles. The lowest BCUT2D eigenvalue weighted by Crippen LogP contribution is -3.15. The summed E-state index contributed by atoms with van der Waals surface area (Å²) in [6.45, 7) is 2.57. The van der Waals surface area contributed by atoms with Gasteiger partial charge in [-0.25, -0.2) is 0 Å². The topological polar surface area (TPSA) is 8.88 Å². The molecule has 0 amide bonds. The number of rotatable bonds is 5. The second-order valence-corrected chi connectivity index (χ2v) is 5.04. The molecule has 1 aromatic rings. The van der Waals surface area contributed by atoms with Gasteiger partial charge in [-0.1, -0.05) is 12.1 Å². The van der Waals surface area contributed by atoms with Crippen molar-refractivity contribution >= 4 is 0 Å². The first kappa shape index (κ1) is 15.0. The molecule has 0 aliphatic rings. The molecule has 2 nitrogen and oxygen atoms in total. The second-order valence-electron chi connectivity index (χ2n) is 5.04. The van der Waals surface area contributed by atoms with Crippen LogP contribution < -0.4 is 9.80 Å². The van der Waals surface area contributed by atoms with Gasteiger partial charge in [-0.05, 0) is 12.1 Å². The molecule has 0 aromatic heterocycles. The van der Waals surface area contributed by atoms with Gasteiger partial charge in [-0.15, -0.1) is 0 Å². The Morgan fingerprint density at radius 3 is 2.28 bits per heavy atom. The van der Waals surface area contributed by atoms with Crippen molar-refractivity contribution in [3.05, 3.63) is 35.4 Å². The summed E-state index contributed by atoms with van der Waals surface area (Å²) in [6.07, 6.45) is -4.25. The van der Waals surface area contributed by atoms with Crippen LogP contribution in [0.25, 0.3) is 0 Å². The number of benzene rings is 1. The quantitative estimate of drug-likeness (QED) is 0.731. The SMILES string of the molecule is C[NH+](C)CC[NH+](C)Cc1cccc(C(F)(F)F)c1. The molecule has 0 spiro atoms. The second kappa shape index (κ2) is 6.20. The van der Waals surface area contributed by atoms with E-state index in [9.17, 15) is 13.2 Å². The van der Waals surface area contributed by atoms with Gasteiger partial charge in [0, 0.05) is 5.56 Å². The molecule has 0 radical (unpaired) electrons. The van der Waals surface area contributed by atoms with E-state index >= 15 is 0 Å². The molecule has 18 heavy (non-hydrogen) atoms. The third kappa shape index (κ3) is 5.06. The summed E-state index contributed by atoms with van der Waals surface area (Å²) in [5.41, 5.74) is 0.169. The van der Waals surface area contributed by atoms with Crippen molar-refractivity contribution in [2.24, 2.45) is 0 Å². The van der Waals surface area contributed by atoms with Gasteiger partial charge >= 0.3 is 6.18 Å². The summed E-state index contributed by atoms with van der Waals surface area (Å²) < 4.78 is 37.6. The van der Waals surface area contributed by atoms with Crippen LogP contribution >= 0.6 is 0 Å². The van der Waals surface area contributed by atoms with Crippen molar-refractivity contribution in [3.8, 4) is 0 Å². The van der Waals surface area contributed by atoms with Gasteiger partial charge in [0.1, 0.15) is 19.6 Å². The Kier molecular flexibility index (Phi) is 5.16. The Labute approximate surface area is 106 Å². The lowest BCUT2D eigenvalue weighted by atomic mass is 10.1. The van der Waals surface area contributed by atoms with Crippen LogP contribution in [0, 0.1) is 0 Å². The van der Waals surface area contributed by atoms with E-state index in [4.69, 9.17) is 0 Å². The lowest BCUT2D eigenvalue weighted by molar-refractivity contribution is -0.937. The van der Waals surface area contributed by atoms with Crippen molar-refractivity contribution in [1.82, 2.24) is 0 Å². The van der Waals surface area contributed by atoms with E-state index in [1.165, 1.54) is 21.9 Å². The Balaban J connectivity index is 2.62. The van der Waals surface area contributed by atoms with Crippen molar-refractivity contribution in [2.75, 3.05) is 34.2 Å². The predicted molar refractivity (Wildman–Crippen MR) is 64.6 cm³/mol. The van der Waals surface area contributed by atoms with Gasteiger partial charge in [0.2, 0.25) is 0 Å². The molecule has 1 rings (SSSR count). The molecule has 0 saturated heterocycles. The fourth-order valence-corrected chi connectivity index (χ4v) is 1.76. The lowest BCUT2D eigenvalue weighted by Gasteiger charge is -2.16. The van der Waals surface area contributed by atoms with Crippen LogP contribution in [0.5, 0.6) is 0 Å². The van der Waals surface area contributed by atoms with Crippen LogP contribution in [0.3, 0.4) is 0 Å². The molecular weight excluding hydrogens is 241 g/mol. The summed E-state index contributed by atoms with van der Waals surface area (Å²) in [5, 5.41) is 0. The van der Waals surface area contributed by atoms with Crippen LogP contribution in [0.4, 0.5) is 13.2 Å². The highest BCUT2D eigenvalue weighted by atomic mass is 19.4. The zero-order chi connectivity index (χ0) is 13.8. The molecule has 0 fully saturated rings. The number of hydrogen-bond acceptors (Lipinski definition) is 0. The smallest absolute Gasteiger partial charge is 0.335 e. The van der Waals surface area contributed by atoms with E-state index in [0.29, 0.717) is 6.54 Å². The Bertz CT molecular complexity index is 375. The molecule has 0 aliphatic heterocycles. The maximum atomic E-state index is 12.5. The normalized spacial score (nSPS) is 13.9. The van der Waals surface area contributed by atoms with E-state index in [1.807, 2.05) is 7.05 Å². The summed E-state index contributed by atoms with van der Waals surface area (Å²) in [5.74, 6) is 0. The molecule has 5 heteroatoms. The van der Waals surface area contributed by atoms with Crippen molar-refractivity contribution in [1.29, 1.82) is 0 Å². The van der Waals surface area contributed by atoms with E-state index in [0.717, 1.165) is 24.7 Å². The van der Waals surface area contributed by atoms with Gasteiger partial charge in [0.05, 0.1) is 26.7 Å². The number of likely N-dealkylation sites (N-methyl/N-ethyl adjacent to an activating group) is 2. The first-order valence-corrected chi connectivity index (χ1v) is 6.05. The van der Waals surface area contributed by atoms with Crippen molar-refractivity contribution in [3.63, 3.8) is 0 Å². The average molecular weight is 262 g/mol. The number of hydrogen-bond donors (Lipinski definition) is 2. The van der Waals surface area contributed by atoms with E-state index in [-0.39, 0.29) is 0 Å². The van der Waals surface area contributed by atoms with Gasteiger partial charge in [0.25, 0.3) is 0 Å². The fourth-order valence-electron chi connectivity index (χ4n) is 1.76. The van der Waals surface area contributed by atoms with Crippen LogP contribution in [-0.2, 0) is 12.7 Å². The Morgan fingerprint density at radius 2 is 1.72 bits per heavy atom. The molecule has 2 N–H and O–H groups in total. The van der Waals surface area contributed by atoms with Crippen LogP contribution in [0.2, 0.25) is 0 Å². The summed E-state index contributed by atoms with van der Waals surface area (Å²) >= 11 is 0. The third-order valence-corrected chi connectivity index (χ3v) is 2.81. The number of alkyl halides is 3. The zero-order valence-corrected chi connectivity index (χ0v) is 11.1. The van der Waals surface area contributed by atoms with Crippen molar-refractivity contribution in [2.45, 2.75) is 12.7 Å². The molecule has 0 aliphatic carbocycles. The average Bonchev–Trinajstić information content (AvgIpc) is 2.25. The minimum atomic E-state index is -4.25. The summed E-state index contributed by atoms with van der Waals surface area (Å²) in [7, 11) is 6.14. The maximum Gasteiger partial charge on any atom is 0.416 e. The first-order valence-electron chi connectivity index (χ1n) is 6.05. The van der Waals surface area contributed by atoms with Gasteiger partial charge in [0.15, 0.2) is 0 Å². The van der Waals surface area contributed by atoms with Crippen molar-refractivity contribution < 1.29 is 23.0 Å². The van der Waals surface area contributed by atoms with Gasteiger partial charge in [-0.2, -0.15) is 13.2 Å². The highest BCUT2D eigenvalue weighted by Crippen LogP contribution is 2.29. The van der Waals surface area contributed by atoms with E-state index < -0.39 is 11.7 Å². The number of nitrogens with one attached hydrogen (secondary N) is 2. The zero-order valence-electron chi connectivity index (χ0n) is 11.1. The fraction of sp³-hybridized carbons (Fsp3) is 0.538. The molecule has 0 bridgehead atoms. The minimum absolute atomic E-state index is 0.564. The number of quaternary nitrogens is 2. The monoisotopic (exact) mass is 262 g/mol. The molecule has 0 heterocycles. The summed E-state index contributed by atoms with van der Waals surface area (Å²) in [4.78, 5) is 2.56. The van der Waals surface area contributed by atoms with Crippen LogP contribution in [-0.4, -0.2) is 34.2 Å². The standard InChI is InChI=1S/C13H19F3N2/c1-17(2)7-8-18(3)10-11-5-4-6-12(9-11)13(14,15)16/h4-6,9H,7-8,10H2,1-3H3/p+2. The van der Waals surface area contributed by atoms with Crippen LogP contribution in [0.1, 0.15) is 11.1 Å². The highest BCUT2D eigenvalue weighted by Gasteiger charge is 2.30. The first-order chi connectivity index (χ1) is 8.29. The minimum Gasteiger partial charge on any atom is -0.335 e. The molecule has 1 unspecified atom stereocenters. The molecule has 1 atom stereocenters. The molecule has 102 valence electrons. The Morgan fingerprint density at radius 1 is 1.06 bits per heavy atom. The molecule has 0 saturated carbocycles. The number of halogens is 3. The van der Waals surface area contributed by atoms with Crippen LogP contribution in [0.15, 0.2) is 24.3 Å². The Hall–Kier alpha value is -1.07. The van der Waals surface area contributed by atoms with Gasteiger partial charge in [-0.3, -0.25) is 0 Å². The molecular formula is C13H21F3N2+2.